The average molecular weight is 393 g/mol. The Labute approximate surface area is 167 Å². The predicted octanol–water partition coefficient (Wildman–Crippen LogP) is 2.32. The van der Waals surface area contributed by atoms with Crippen LogP contribution in [0.1, 0.15) is 28.9 Å². The molecule has 1 aliphatic rings. The number of H-pyrrole nitrogens is 2. The summed E-state index contributed by atoms with van der Waals surface area (Å²) in [7, 11) is 1.63. The smallest absolute Gasteiger partial charge is 0.325 e. The Morgan fingerprint density at radius 1 is 1.10 bits per heavy atom. The zero-order valence-corrected chi connectivity index (χ0v) is 16.2. The lowest BCUT2D eigenvalue weighted by molar-refractivity contribution is 0.0810. The number of hydrogen-bond donors (Lipinski definition) is 2. The van der Waals surface area contributed by atoms with Crippen LogP contribution in [-0.2, 0) is 6.54 Å². The van der Waals surface area contributed by atoms with Crippen LogP contribution in [-0.4, -0.2) is 40.9 Å². The van der Waals surface area contributed by atoms with Crippen molar-refractivity contribution in [2.45, 2.75) is 19.4 Å². The van der Waals surface area contributed by atoms with Crippen LogP contribution >= 0.6 is 0 Å². The number of fused-ring (bicyclic) bond motifs is 1. The number of aromatic amines is 2. The number of likely N-dealkylation sites (tertiary alicyclic amines) is 1. The van der Waals surface area contributed by atoms with Crippen LogP contribution in [0.5, 0.6) is 5.75 Å². The van der Waals surface area contributed by atoms with Crippen molar-refractivity contribution < 1.29 is 9.53 Å². The molecule has 2 aromatic carbocycles. The molecule has 1 unspecified atom stereocenters. The number of rotatable bonds is 5. The van der Waals surface area contributed by atoms with Gasteiger partial charge in [0.25, 0.3) is 5.56 Å². The topological polar surface area (TPSA) is 95.3 Å². The fourth-order valence-corrected chi connectivity index (χ4v) is 4.00. The minimum Gasteiger partial charge on any atom is -0.497 e. The standard InChI is InChI=1S/C22H23N3O4/c1-29-19-7-6-14-9-16(5-4-15(14)10-19)21(27)17-3-2-8-25(12-17)13-18-11-20(26)24-22(28)23-18/h4-7,9-11,17H,2-3,8,12-13H2,1H3,(H2,23,24,26,28). The van der Waals surface area contributed by atoms with Crippen LogP contribution in [0.2, 0.25) is 0 Å². The molecule has 4 rings (SSSR count). The van der Waals surface area contributed by atoms with E-state index < -0.39 is 11.2 Å². The SMILES string of the molecule is COc1ccc2cc(C(=O)C3CCCN(Cc4cc(=O)[nH]c(=O)[nH]4)C3)ccc2c1. The third kappa shape index (κ3) is 4.30. The van der Waals surface area contributed by atoms with Crippen molar-refractivity contribution in [3.8, 4) is 5.75 Å². The van der Waals surface area contributed by atoms with Crippen molar-refractivity contribution in [2.75, 3.05) is 20.2 Å². The molecule has 7 heteroatoms. The van der Waals surface area contributed by atoms with E-state index in [1.165, 1.54) is 6.07 Å². The van der Waals surface area contributed by atoms with Crippen molar-refractivity contribution in [3.63, 3.8) is 0 Å². The summed E-state index contributed by atoms with van der Waals surface area (Å²) in [5.74, 6) is 0.817. The molecule has 150 valence electrons. The zero-order valence-electron chi connectivity index (χ0n) is 16.2. The lowest BCUT2D eigenvalue weighted by Gasteiger charge is -2.31. The molecule has 0 amide bonds. The molecule has 1 aromatic heterocycles. The van der Waals surface area contributed by atoms with Gasteiger partial charge in [-0.25, -0.2) is 4.79 Å². The van der Waals surface area contributed by atoms with Crippen LogP contribution in [0, 0.1) is 5.92 Å². The van der Waals surface area contributed by atoms with Crippen molar-refractivity contribution >= 4 is 16.6 Å². The van der Waals surface area contributed by atoms with E-state index in [2.05, 4.69) is 14.9 Å². The lowest BCUT2D eigenvalue weighted by atomic mass is 9.89. The van der Waals surface area contributed by atoms with Crippen LogP contribution in [0.25, 0.3) is 10.8 Å². The second-order valence-corrected chi connectivity index (χ2v) is 7.48. The average Bonchev–Trinajstić information content (AvgIpc) is 2.72. The number of methoxy groups -OCH3 is 1. The maximum Gasteiger partial charge on any atom is 0.325 e. The van der Waals surface area contributed by atoms with E-state index in [0.717, 1.165) is 35.9 Å². The number of carbonyl (C=O) groups is 1. The summed E-state index contributed by atoms with van der Waals surface area (Å²) in [5.41, 5.74) is 0.344. The summed E-state index contributed by atoms with van der Waals surface area (Å²) in [6.45, 7) is 1.88. The third-order valence-corrected chi connectivity index (χ3v) is 5.42. The summed E-state index contributed by atoms with van der Waals surface area (Å²) in [4.78, 5) is 43.0. The monoisotopic (exact) mass is 393 g/mol. The van der Waals surface area contributed by atoms with Gasteiger partial charge in [0.1, 0.15) is 5.75 Å². The first-order chi connectivity index (χ1) is 14.0. The number of nitrogens with one attached hydrogen (secondary N) is 2. The molecule has 3 aromatic rings. The number of Topliss-reactive ketones (excluding diaryl/α,β-unsaturated/α-hetero) is 1. The quantitative estimate of drug-likeness (QED) is 0.649. The molecular formula is C22H23N3O4. The van der Waals surface area contributed by atoms with Gasteiger partial charge in [-0.05, 0) is 48.4 Å². The molecular weight excluding hydrogens is 370 g/mol. The Kier molecular flexibility index (Phi) is 5.31. The van der Waals surface area contributed by atoms with E-state index in [-0.39, 0.29) is 11.7 Å². The van der Waals surface area contributed by atoms with Crippen molar-refractivity contribution in [1.82, 2.24) is 14.9 Å². The number of benzene rings is 2. The van der Waals surface area contributed by atoms with Gasteiger partial charge < -0.3 is 9.72 Å². The first kappa shape index (κ1) is 19.1. The second-order valence-electron chi connectivity index (χ2n) is 7.48. The van der Waals surface area contributed by atoms with Gasteiger partial charge in [0.15, 0.2) is 5.78 Å². The first-order valence-electron chi connectivity index (χ1n) is 9.69. The molecule has 1 atom stereocenters. The van der Waals surface area contributed by atoms with Gasteiger partial charge in [-0.1, -0.05) is 18.2 Å². The summed E-state index contributed by atoms with van der Waals surface area (Å²) in [6, 6.07) is 13.0. The summed E-state index contributed by atoms with van der Waals surface area (Å²) >= 11 is 0. The molecule has 29 heavy (non-hydrogen) atoms. The number of ketones is 1. The van der Waals surface area contributed by atoms with E-state index in [4.69, 9.17) is 4.74 Å². The van der Waals surface area contributed by atoms with Crippen LogP contribution < -0.4 is 16.0 Å². The Morgan fingerprint density at radius 3 is 2.69 bits per heavy atom. The molecule has 0 spiro atoms. The molecule has 0 bridgehead atoms. The number of ether oxygens (including phenoxy) is 1. The first-order valence-corrected chi connectivity index (χ1v) is 9.69. The van der Waals surface area contributed by atoms with Gasteiger partial charge in [-0.3, -0.25) is 19.5 Å². The second kappa shape index (κ2) is 8.05. The molecule has 2 N–H and O–H groups in total. The van der Waals surface area contributed by atoms with Crippen molar-refractivity contribution in [3.05, 3.63) is 74.6 Å². The van der Waals surface area contributed by atoms with Gasteiger partial charge in [0.2, 0.25) is 0 Å². The fourth-order valence-electron chi connectivity index (χ4n) is 4.00. The minimum absolute atomic E-state index is 0.104. The maximum absolute atomic E-state index is 13.1. The van der Waals surface area contributed by atoms with Crippen LogP contribution in [0.15, 0.2) is 52.1 Å². The van der Waals surface area contributed by atoms with Gasteiger partial charge in [-0.15, -0.1) is 0 Å². The number of nitrogens with zero attached hydrogens (tertiary/aromatic N) is 1. The van der Waals surface area contributed by atoms with E-state index in [9.17, 15) is 14.4 Å². The highest BCUT2D eigenvalue weighted by atomic mass is 16.5. The predicted molar refractivity (Wildman–Crippen MR) is 111 cm³/mol. The Balaban J connectivity index is 1.50. The molecule has 1 fully saturated rings. The number of aromatic nitrogens is 2. The highest BCUT2D eigenvalue weighted by molar-refractivity contribution is 6.01. The molecule has 0 radical (unpaired) electrons. The third-order valence-electron chi connectivity index (χ3n) is 5.42. The number of piperidine rings is 1. The minimum atomic E-state index is -0.509. The van der Waals surface area contributed by atoms with E-state index in [0.29, 0.717) is 24.3 Å². The zero-order chi connectivity index (χ0) is 20.4. The summed E-state index contributed by atoms with van der Waals surface area (Å²) in [5, 5.41) is 2.04. The highest BCUT2D eigenvalue weighted by Gasteiger charge is 2.27. The van der Waals surface area contributed by atoms with E-state index >= 15 is 0 Å². The number of carbonyl (C=O) groups excluding carboxylic acids is 1. The Morgan fingerprint density at radius 2 is 1.90 bits per heavy atom. The lowest BCUT2D eigenvalue weighted by Crippen LogP contribution is -2.39. The fraction of sp³-hybridized carbons (Fsp3) is 0.318. The number of hydrogen-bond acceptors (Lipinski definition) is 5. The molecule has 2 heterocycles. The maximum atomic E-state index is 13.1. The van der Waals surface area contributed by atoms with E-state index in [1.54, 1.807) is 7.11 Å². The van der Waals surface area contributed by atoms with Gasteiger partial charge in [0, 0.05) is 36.3 Å². The normalized spacial score (nSPS) is 17.3. The highest BCUT2D eigenvalue weighted by Crippen LogP contribution is 2.26. The molecule has 0 aliphatic carbocycles. The molecule has 1 aliphatic heterocycles. The Bertz CT molecular complexity index is 1140. The van der Waals surface area contributed by atoms with E-state index in [1.807, 2.05) is 36.4 Å². The molecule has 1 saturated heterocycles. The van der Waals surface area contributed by atoms with Gasteiger partial charge in [-0.2, -0.15) is 0 Å². The molecule has 0 saturated carbocycles. The Hall–Kier alpha value is -3.19. The van der Waals surface area contributed by atoms with Gasteiger partial charge >= 0.3 is 5.69 Å². The molecule has 7 nitrogen and oxygen atoms in total. The van der Waals surface area contributed by atoms with Crippen molar-refractivity contribution in [1.29, 1.82) is 0 Å². The summed E-state index contributed by atoms with van der Waals surface area (Å²) < 4.78 is 5.25. The van der Waals surface area contributed by atoms with Crippen LogP contribution in [0.3, 0.4) is 0 Å². The van der Waals surface area contributed by atoms with Crippen molar-refractivity contribution in [2.24, 2.45) is 5.92 Å². The van der Waals surface area contributed by atoms with Gasteiger partial charge in [0.05, 0.1) is 7.11 Å². The summed E-state index contributed by atoms with van der Waals surface area (Å²) in [6.07, 6.45) is 1.73. The largest absolute Gasteiger partial charge is 0.497 e. The van der Waals surface area contributed by atoms with Crippen LogP contribution in [0.4, 0.5) is 0 Å².